The van der Waals surface area contributed by atoms with Crippen LogP contribution in [-0.2, 0) is 14.3 Å². The Morgan fingerprint density at radius 2 is 2.29 bits per heavy atom. The van der Waals surface area contributed by atoms with Gasteiger partial charge in [0.15, 0.2) is 12.0 Å². The molecule has 0 unspecified atom stereocenters. The van der Waals surface area contributed by atoms with Gasteiger partial charge < -0.3 is 9.47 Å². The van der Waals surface area contributed by atoms with Crippen LogP contribution in [0.1, 0.15) is 12.8 Å². The Morgan fingerprint density at radius 3 is 3.00 bits per heavy atom. The minimum absolute atomic E-state index is 0.206. The van der Waals surface area contributed by atoms with Gasteiger partial charge >= 0.3 is 0 Å². The molecule has 0 radical (unpaired) electrons. The summed E-state index contributed by atoms with van der Waals surface area (Å²) in [4.78, 5) is 10.5. The molecule has 0 fully saturated rings. The average Bonchev–Trinajstić information content (AvgIpc) is 2.30. The van der Waals surface area contributed by atoms with E-state index in [0.717, 1.165) is 18.4 Å². The van der Waals surface area contributed by atoms with E-state index < -0.39 is 0 Å². The molecule has 0 aromatic carbocycles. The summed E-state index contributed by atoms with van der Waals surface area (Å²) in [5, 5.41) is 0. The minimum Gasteiger partial charge on any atom is -0.465 e. The molecule has 0 aromatic rings. The molecule has 72 valence electrons. The summed E-state index contributed by atoms with van der Waals surface area (Å²) in [5.41, 5.74) is 1.06. The molecule has 0 N–H and O–H groups in total. The van der Waals surface area contributed by atoms with Gasteiger partial charge in [-0.2, -0.15) is 0 Å². The lowest BCUT2D eigenvalue weighted by atomic mass is 10.0. The summed E-state index contributed by atoms with van der Waals surface area (Å²) < 4.78 is 10.3. The van der Waals surface area contributed by atoms with Crippen molar-refractivity contribution in [3.8, 4) is 0 Å². The second-order valence-corrected chi connectivity index (χ2v) is 3.02. The summed E-state index contributed by atoms with van der Waals surface area (Å²) in [7, 11) is 0. The number of carbonyl (C=O) groups excluding carboxylic acids is 1. The van der Waals surface area contributed by atoms with Gasteiger partial charge in [0.1, 0.15) is 12.5 Å². The molecule has 1 heterocycles. The van der Waals surface area contributed by atoms with Crippen LogP contribution in [0.5, 0.6) is 0 Å². The lowest BCUT2D eigenvalue weighted by Gasteiger charge is -2.16. The van der Waals surface area contributed by atoms with Gasteiger partial charge in [-0.25, -0.2) is 0 Å². The first kappa shape index (κ1) is 8.81. The van der Waals surface area contributed by atoms with Crippen LogP contribution in [0.3, 0.4) is 0 Å². The third-order valence-corrected chi connectivity index (χ3v) is 2.03. The van der Waals surface area contributed by atoms with Gasteiger partial charge in [-0.3, -0.25) is 4.79 Å². The van der Waals surface area contributed by atoms with Crippen molar-refractivity contribution in [2.24, 2.45) is 0 Å². The van der Waals surface area contributed by atoms with Crippen LogP contribution >= 0.6 is 0 Å². The van der Waals surface area contributed by atoms with Crippen LogP contribution in [0.15, 0.2) is 47.8 Å². The van der Waals surface area contributed by atoms with Crippen molar-refractivity contribution in [1.29, 1.82) is 0 Å². The maximum atomic E-state index is 10.5. The van der Waals surface area contributed by atoms with Crippen LogP contribution in [0.4, 0.5) is 0 Å². The normalized spacial score (nSPS) is 19.9. The minimum atomic E-state index is 0.206. The molecule has 3 nitrogen and oxygen atoms in total. The largest absolute Gasteiger partial charge is 0.465 e. The Kier molecular flexibility index (Phi) is 2.49. The molecule has 1 aliphatic carbocycles. The van der Waals surface area contributed by atoms with Gasteiger partial charge in [-0.1, -0.05) is 18.2 Å². The Labute approximate surface area is 82.0 Å². The Balaban J connectivity index is 2.12. The highest BCUT2D eigenvalue weighted by Crippen LogP contribution is 2.25. The Morgan fingerprint density at radius 1 is 1.36 bits per heavy atom. The van der Waals surface area contributed by atoms with Gasteiger partial charge in [0.2, 0.25) is 5.76 Å². The second-order valence-electron chi connectivity index (χ2n) is 3.02. The van der Waals surface area contributed by atoms with Gasteiger partial charge in [-0.15, -0.1) is 0 Å². The quantitative estimate of drug-likeness (QED) is 0.626. The lowest BCUT2D eigenvalue weighted by molar-refractivity contribution is -0.107. The molecule has 3 heteroatoms. The molecule has 0 saturated carbocycles. The van der Waals surface area contributed by atoms with Crippen molar-refractivity contribution in [2.45, 2.75) is 12.8 Å². The van der Waals surface area contributed by atoms with E-state index in [-0.39, 0.29) is 5.76 Å². The van der Waals surface area contributed by atoms with Crippen molar-refractivity contribution in [3.05, 3.63) is 47.8 Å². The molecule has 2 aliphatic rings. The van der Waals surface area contributed by atoms with E-state index in [1.807, 2.05) is 12.2 Å². The third-order valence-electron chi connectivity index (χ3n) is 2.03. The van der Waals surface area contributed by atoms with Crippen LogP contribution in [0.2, 0.25) is 0 Å². The molecule has 0 atom stereocenters. The maximum Gasteiger partial charge on any atom is 0.202 e. The van der Waals surface area contributed by atoms with Crippen molar-refractivity contribution in [1.82, 2.24) is 0 Å². The van der Waals surface area contributed by atoms with E-state index in [4.69, 9.17) is 9.47 Å². The average molecular weight is 190 g/mol. The third kappa shape index (κ3) is 1.76. The first-order valence-corrected chi connectivity index (χ1v) is 4.45. The topological polar surface area (TPSA) is 35.5 Å². The fourth-order valence-electron chi connectivity index (χ4n) is 1.34. The number of carbonyl (C=O) groups is 1. The molecule has 0 bridgehead atoms. The molecular weight excluding hydrogens is 180 g/mol. The van der Waals surface area contributed by atoms with Crippen molar-refractivity contribution < 1.29 is 14.3 Å². The summed E-state index contributed by atoms with van der Waals surface area (Å²) in [6.07, 6.45) is 11.4. The summed E-state index contributed by atoms with van der Waals surface area (Å²) in [6.45, 7) is 0. The molecule has 0 amide bonds. The highest BCUT2D eigenvalue weighted by Gasteiger charge is 2.13. The molecule has 0 saturated heterocycles. The van der Waals surface area contributed by atoms with Crippen molar-refractivity contribution >= 4 is 6.29 Å². The zero-order valence-electron chi connectivity index (χ0n) is 7.60. The number of hydrogen-bond donors (Lipinski definition) is 0. The smallest absolute Gasteiger partial charge is 0.202 e. The van der Waals surface area contributed by atoms with E-state index in [1.165, 1.54) is 12.5 Å². The fraction of sp³-hybridized carbons (Fsp3) is 0.182. The van der Waals surface area contributed by atoms with Crippen LogP contribution < -0.4 is 0 Å². The van der Waals surface area contributed by atoms with Gasteiger partial charge in [0, 0.05) is 0 Å². The maximum absolute atomic E-state index is 10.5. The lowest BCUT2D eigenvalue weighted by Crippen LogP contribution is -2.04. The van der Waals surface area contributed by atoms with Crippen LogP contribution in [0, 0.1) is 0 Å². The first-order valence-electron chi connectivity index (χ1n) is 4.45. The summed E-state index contributed by atoms with van der Waals surface area (Å²) in [6, 6.07) is 0. The van der Waals surface area contributed by atoms with E-state index >= 15 is 0 Å². The molecular formula is C11H10O3. The van der Waals surface area contributed by atoms with Crippen LogP contribution in [0.25, 0.3) is 0 Å². The summed E-state index contributed by atoms with van der Waals surface area (Å²) >= 11 is 0. The monoisotopic (exact) mass is 190 g/mol. The standard InChI is InChI=1S/C11H10O3/c12-6-10-7-13-8-11(14-10)9-4-2-1-3-5-9/h1-2,4,6-8H,3,5H2. The Hall–Kier alpha value is -1.77. The van der Waals surface area contributed by atoms with E-state index in [2.05, 4.69) is 6.08 Å². The van der Waals surface area contributed by atoms with Crippen molar-refractivity contribution in [3.63, 3.8) is 0 Å². The summed E-state index contributed by atoms with van der Waals surface area (Å²) in [5.74, 6) is 0.830. The molecule has 2 rings (SSSR count). The Bertz CT molecular complexity index is 359. The molecule has 14 heavy (non-hydrogen) atoms. The highest BCUT2D eigenvalue weighted by atomic mass is 16.5. The fourth-order valence-corrected chi connectivity index (χ4v) is 1.34. The van der Waals surface area contributed by atoms with Crippen molar-refractivity contribution in [2.75, 3.05) is 0 Å². The number of hydrogen-bond acceptors (Lipinski definition) is 3. The number of aldehydes is 1. The van der Waals surface area contributed by atoms with Gasteiger partial charge in [-0.05, 0) is 18.4 Å². The first-order chi connectivity index (χ1) is 6.90. The van der Waals surface area contributed by atoms with E-state index in [9.17, 15) is 4.79 Å². The van der Waals surface area contributed by atoms with Gasteiger partial charge in [0.05, 0.1) is 0 Å². The SMILES string of the molecule is O=CC1=COC=C(C2=CC=CCC2)O1. The number of ether oxygens (including phenoxy) is 2. The molecule has 1 aliphatic heterocycles. The zero-order chi connectivity index (χ0) is 9.80. The van der Waals surface area contributed by atoms with E-state index in [1.54, 1.807) is 0 Å². The molecule has 0 spiro atoms. The van der Waals surface area contributed by atoms with E-state index in [0.29, 0.717) is 12.0 Å². The van der Waals surface area contributed by atoms with Gasteiger partial charge in [0.25, 0.3) is 0 Å². The van der Waals surface area contributed by atoms with Crippen LogP contribution in [-0.4, -0.2) is 6.29 Å². The zero-order valence-corrected chi connectivity index (χ0v) is 7.60. The number of rotatable bonds is 2. The predicted molar refractivity (Wildman–Crippen MR) is 50.9 cm³/mol. The molecule has 0 aromatic heterocycles. The highest BCUT2D eigenvalue weighted by molar-refractivity contribution is 5.70. The second kappa shape index (κ2) is 3.96. The predicted octanol–water partition coefficient (Wildman–Crippen LogP) is 2.19. The number of allylic oxidation sites excluding steroid dienone is 5.